The normalized spacial score (nSPS) is 20.2. The first kappa shape index (κ1) is 20.9. The molecule has 1 aliphatic rings. The molecule has 1 saturated heterocycles. The van der Waals surface area contributed by atoms with Gasteiger partial charge in [0.2, 0.25) is 10.0 Å². The van der Waals surface area contributed by atoms with E-state index in [-0.39, 0.29) is 33.7 Å². The van der Waals surface area contributed by atoms with Crippen molar-refractivity contribution in [2.45, 2.75) is 25.2 Å². The molecule has 154 valence electrons. The van der Waals surface area contributed by atoms with E-state index in [1.807, 2.05) is 13.8 Å². The summed E-state index contributed by atoms with van der Waals surface area (Å²) in [4.78, 5) is 26.7. The van der Waals surface area contributed by atoms with Crippen molar-refractivity contribution in [2.75, 3.05) is 18.4 Å². The van der Waals surface area contributed by atoms with E-state index >= 15 is 0 Å². The molecule has 1 amide bonds. The number of rotatable bonds is 5. The second-order valence-electron chi connectivity index (χ2n) is 7.40. The first-order chi connectivity index (χ1) is 13.7. The van der Waals surface area contributed by atoms with E-state index in [1.165, 1.54) is 40.8 Å². The maximum absolute atomic E-state index is 13.1. The molecule has 1 fully saturated rings. The van der Waals surface area contributed by atoms with Gasteiger partial charge in [-0.15, -0.1) is 0 Å². The summed E-state index contributed by atoms with van der Waals surface area (Å²) in [6.07, 6.45) is 3.33. The lowest BCUT2D eigenvalue weighted by atomic mass is 9.94. The van der Waals surface area contributed by atoms with E-state index in [0.717, 1.165) is 12.6 Å². The van der Waals surface area contributed by atoms with E-state index in [4.69, 9.17) is 0 Å². The van der Waals surface area contributed by atoms with Gasteiger partial charge in [-0.25, -0.2) is 8.42 Å². The Hall–Kier alpha value is -2.85. The Bertz CT molecular complexity index is 1030. The Morgan fingerprint density at radius 1 is 1.24 bits per heavy atom. The maximum Gasteiger partial charge on any atom is 0.310 e. The van der Waals surface area contributed by atoms with Gasteiger partial charge in [-0.3, -0.25) is 19.9 Å². The Labute approximate surface area is 169 Å². The molecule has 29 heavy (non-hydrogen) atoms. The van der Waals surface area contributed by atoms with E-state index in [9.17, 15) is 23.3 Å². The number of hydrogen-bond donors (Lipinski definition) is 1. The highest BCUT2D eigenvalue weighted by atomic mass is 32.2. The predicted molar refractivity (Wildman–Crippen MR) is 107 cm³/mol. The lowest BCUT2D eigenvalue weighted by molar-refractivity contribution is -0.384. The van der Waals surface area contributed by atoms with Gasteiger partial charge in [0, 0.05) is 24.8 Å². The molecule has 2 atom stereocenters. The van der Waals surface area contributed by atoms with Gasteiger partial charge >= 0.3 is 5.69 Å². The Morgan fingerprint density at radius 2 is 1.93 bits per heavy atom. The summed E-state index contributed by atoms with van der Waals surface area (Å²) >= 11 is 0. The minimum Gasteiger partial charge on any atom is -0.316 e. The number of anilines is 1. The van der Waals surface area contributed by atoms with Crippen LogP contribution in [0.2, 0.25) is 0 Å². The van der Waals surface area contributed by atoms with Crippen molar-refractivity contribution in [3.8, 4) is 0 Å². The van der Waals surface area contributed by atoms with Gasteiger partial charge in [0.05, 0.1) is 9.82 Å². The quantitative estimate of drug-likeness (QED) is 0.588. The average Bonchev–Trinajstić information content (AvgIpc) is 2.67. The van der Waals surface area contributed by atoms with E-state index in [0.29, 0.717) is 13.1 Å². The van der Waals surface area contributed by atoms with Crippen LogP contribution in [0.4, 0.5) is 11.4 Å². The number of benzene rings is 1. The summed E-state index contributed by atoms with van der Waals surface area (Å²) < 4.78 is 27.6. The zero-order valence-corrected chi connectivity index (χ0v) is 16.9. The van der Waals surface area contributed by atoms with Crippen molar-refractivity contribution in [2.24, 2.45) is 11.8 Å². The highest BCUT2D eigenvalue weighted by Crippen LogP contribution is 2.27. The summed E-state index contributed by atoms with van der Waals surface area (Å²) in [5, 5.41) is 13.5. The van der Waals surface area contributed by atoms with Crippen molar-refractivity contribution in [3.63, 3.8) is 0 Å². The van der Waals surface area contributed by atoms with E-state index in [1.54, 1.807) is 0 Å². The number of pyridine rings is 1. The topological polar surface area (TPSA) is 123 Å². The van der Waals surface area contributed by atoms with Gasteiger partial charge in [0.15, 0.2) is 0 Å². The third-order valence-corrected chi connectivity index (χ3v) is 6.64. The van der Waals surface area contributed by atoms with E-state index in [2.05, 4.69) is 10.3 Å². The smallest absolute Gasteiger partial charge is 0.310 e. The van der Waals surface area contributed by atoms with Crippen molar-refractivity contribution < 1.29 is 18.1 Å². The summed E-state index contributed by atoms with van der Waals surface area (Å²) in [7, 11) is -3.74. The van der Waals surface area contributed by atoms with Gasteiger partial charge in [0.25, 0.3) is 5.91 Å². The summed E-state index contributed by atoms with van der Waals surface area (Å²) in [5.41, 5.74) is -0.266. The molecule has 2 aromatic rings. The third-order valence-electron chi connectivity index (χ3n) is 4.81. The number of carbonyl (C=O) groups excluding carboxylic acids is 1. The zero-order chi connectivity index (χ0) is 21.2. The first-order valence-electron chi connectivity index (χ1n) is 9.18. The molecular weight excluding hydrogens is 396 g/mol. The van der Waals surface area contributed by atoms with E-state index < -0.39 is 20.9 Å². The minimum absolute atomic E-state index is 0.0121. The van der Waals surface area contributed by atoms with Crippen LogP contribution in [-0.4, -0.2) is 41.6 Å². The Balaban J connectivity index is 1.86. The molecule has 0 spiro atoms. The third kappa shape index (κ3) is 4.60. The number of nitrogens with zero attached hydrogens (tertiary/aromatic N) is 3. The standard InChI is InChI=1S/C19H22N4O5S/c1-13-8-14(2)12-22(11-13)29(27,28)16-5-3-4-15(9-16)19(24)21-17-6-7-20-10-18(17)23(25)26/h3-7,9-10,13-14H,8,11-12H2,1-2H3,(H,20,21,24). The lowest BCUT2D eigenvalue weighted by Gasteiger charge is -2.34. The van der Waals surface area contributed by atoms with Gasteiger partial charge in [-0.2, -0.15) is 4.31 Å². The molecule has 1 aliphatic heterocycles. The van der Waals surface area contributed by atoms with Crippen molar-refractivity contribution in [3.05, 3.63) is 58.4 Å². The summed E-state index contributed by atoms with van der Waals surface area (Å²) in [5.74, 6) is -0.128. The minimum atomic E-state index is -3.74. The van der Waals surface area contributed by atoms with Crippen molar-refractivity contribution in [1.29, 1.82) is 0 Å². The average molecular weight is 418 g/mol. The van der Waals surface area contributed by atoms with Gasteiger partial charge in [-0.05, 0) is 42.5 Å². The van der Waals surface area contributed by atoms with Crippen LogP contribution in [0, 0.1) is 22.0 Å². The lowest BCUT2D eigenvalue weighted by Crippen LogP contribution is -2.42. The number of sulfonamides is 1. The molecule has 2 unspecified atom stereocenters. The highest BCUT2D eigenvalue weighted by molar-refractivity contribution is 7.89. The predicted octanol–water partition coefficient (Wildman–Crippen LogP) is 2.91. The SMILES string of the molecule is CC1CC(C)CN(S(=O)(=O)c2cccc(C(=O)Nc3ccncc3[N+](=O)[O-])c2)C1. The fourth-order valence-corrected chi connectivity index (χ4v) is 5.31. The maximum atomic E-state index is 13.1. The number of nitrogens with one attached hydrogen (secondary N) is 1. The molecule has 9 nitrogen and oxygen atoms in total. The fourth-order valence-electron chi connectivity index (χ4n) is 3.58. The molecule has 0 saturated carbocycles. The second-order valence-corrected chi connectivity index (χ2v) is 9.34. The fraction of sp³-hybridized carbons (Fsp3) is 0.368. The number of nitro groups is 1. The highest BCUT2D eigenvalue weighted by Gasteiger charge is 2.32. The largest absolute Gasteiger partial charge is 0.316 e. The molecule has 2 heterocycles. The van der Waals surface area contributed by atoms with Crippen LogP contribution >= 0.6 is 0 Å². The molecule has 1 aromatic heterocycles. The molecule has 0 aliphatic carbocycles. The van der Waals surface area contributed by atoms with Crippen LogP contribution in [0.3, 0.4) is 0 Å². The molecule has 0 radical (unpaired) electrons. The second kappa shape index (κ2) is 8.26. The Kier molecular flexibility index (Phi) is 5.94. The van der Waals surface area contributed by atoms with Gasteiger partial charge < -0.3 is 5.32 Å². The summed E-state index contributed by atoms with van der Waals surface area (Å²) in [6, 6.07) is 7.00. The van der Waals surface area contributed by atoms with Crippen LogP contribution in [0.5, 0.6) is 0 Å². The summed E-state index contributed by atoms with van der Waals surface area (Å²) in [6.45, 7) is 4.91. The van der Waals surface area contributed by atoms with Gasteiger partial charge in [-0.1, -0.05) is 19.9 Å². The number of carbonyl (C=O) groups is 1. The molecule has 1 aromatic carbocycles. The zero-order valence-electron chi connectivity index (χ0n) is 16.1. The molecule has 3 rings (SSSR count). The monoisotopic (exact) mass is 418 g/mol. The van der Waals surface area contributed by atoms with Gasteiger partial charge in [0.1, 0.15) is 11.9 Å². The number of amides is 1. The van der Waals surface area contributed by atoms with Crippen LogP contribution in [0.1, 0.15) is 30.6 Å². The van der Waals surface area contributed by atoms with Crippen molar-refractivity contribution in [1.82, 2.24) is 9.29 Å². The Morgan fingerprint density at radius 3 is 2.59 bits per heavy atom. The van der Waals surface area contributed by atoms with Crippen LogP contribution in [-0.2, 0) is 10.0 Å². The van der Waals surface area contributed by atoms with Crippen LogP contribution in [0.25, 0.3) is 0 Å². The number of aromatic nitrogens is 1. The molecular formula is C19H22N4O5S. The number of hydrogen-bond acceptors (Lipinski definition) is 6. The molecule has 0 bridgehead atoms. The molecule has 10 heteroatoms. The number of piperidine rings is 1. The first-order valence-corrected chi connectivity index (χ1v) is 10.6. The van der Waals surface area contributed by atoms with Crippen LogP contribution < -0.4 is 5.32 Å². The van der Waals surface area contributed by atoms with Crippen molar-refractivity contribution >= 4 is 27.3 Å². The van der Waals surface area contributed by atoms with Crippen LogP contribution in [0.15, 0.2) is 47.6 Å². The molecule has 1 N–H and O–H groups in total.